The van der Waals surface area contributed by atoms with Crippen LogP contribution in [-0.2, 0) is 16.1 Å². The highest BCUT2D eigenvalue weighted by Crippen LogP contribution is 2.28. The van der Waals surface area contributed by atoms with Crippen molar-refractivity contribution >= 4 is 34.3 Å². The number of ketones is 1. The van der Waals surface area contributed by atoms with Gasteiger partial charge in [0.15, 0.2) is 5.78 Å². The van der Waals surface area contributed by atoms with E-state index in [-0.39, 0.29) is 31.0 Å². The number of likely N-dealkylation sites (tertiary alicyclic amines) is 1. The van der Waals surface area contributed by atoms with Crippen LogP contribution in [0, 0.1) is 6.92 Å². The van der Waals surface area contributed by atoms with E-state index in [1.807, 2.05) is 12.1 Å². The van der Waals surface area contributed by atoms with Crippen molar-refractivity contribution in [1.29, 1.82) is 0 Å². The van der Waals surface area contributed by atoms with E-state index in [1.54, 1.807) is 43.6 Å². The molecule has 0 bridgehead atoms. The Morgan fingerprint density at radius 2 is 2.03 bits per heavy atom. The van der Waals surface area contributed by atoms with Gasteiger partial charge in [0.2, 0.25) is 11.8 Å². The smallest absolute Gasteiger partial charge is 0.248 e. The standard InChI is InChI=1S/C25H24FN7O3/c1-14-4-3-5-22(29-14)30-25(36)21-9-18(26)12-32(21)23(35)13-33-20-7-6-16(17-10-27-28-11-17)8-19(20)24(31-33)15(2)34/h3-8,10-11,18,21H,9,12-13H2,1-2H3,(H,27,28)(H,29,30,36)/t18-,21+/m1/s1. The van der Waals surface area contributed by atoms with E-state index in [2.05, 4.69) is 25.6 Å². The van der Waals surface area contributed by atoms with Gasteiger partial charge in [-0.2, -0.15) is 10.2 Å². The molecule has 0 aliphatic carbocycles. The van der Waals surface area contributed by atoms with Crippen molar-refractivity contribution in [2.45, 2.75) is 39.0 Å². The van der Waals surface area contributed by atoms with Gasteiger partial charge in [-0.1, -0.05) is 12.1 Å². The number of H-pyrrole nitrogens is 1. The summed E-state index contributed by atoms with van der Waals surface area (Å²) >= 11 is 0. The third kappa shape index (κ3) is 4.47. The Bertz CT molecular complexity index is 1460. The van der Waals surface area contributed by atoms with Crippen molar-refractivity contribution in [3.05, 3.63) is 60.2 Å². The van der Waals surface area contributed by atoms with Crippen LogP contribution in [0.5, 0.6) is 0 Å². The molecule has 5 rings (SSSR count). The van der Waals surface area contributed by atoms with E-state index in [1.165, 1.54) is 16.5 Å². The number of amides is 2. The van der Waals surface area contributed by atoms with E-state index in [9.17, 15) is 18.8 Å². The molecule has 1 saturated heterocycles. The molecule has 1 aromatic carbocycles. The molecule has 0 unspecified atom stereocenters. The third-order valence-electron chi connectivity index (χ3n) is 6.21. The number of carbonyl (C=O) groups is 3. The van der Waals surface area contributed by atoms with E-state index in [4.69, 9.17) is 0 Å². The van der Waals surface area contributed by atoms with Crippen molar-refractivity contribution in [3.8, 4) is 11.1 Å². The quantitative estimate of drug-likeness (QED) is 0.401. The fraction of sp³-hybridized carbons (Fsp3) is 0.280. The summed E-state index contributed by atoms with van der Waals surface area (Å²) in [4.78, 5) is 43.9. The number of anilines is 1. The zero-order valence-electron chi connectivity index (χ0n) is 19.7. The monoisotopic (exact) mass is 489 g/mol. The van der Waals surface area contributed by atoms with Gasteiger partial charge in [0.05, 0.1) is 18.3 Å². The Kier molecular flexibility index (Phi) is 6.05. The largest absolute Gasteiger partial charge is 0.326 e. The van der Waals surface area contributed by atoms with Gasteiger partial charge >= 0.3 is 0 Å². The molecule has 10 nitrogen and oxygen atoms in total. The molecule has 184 valence electrons. The number of halogens is 1. The van der Waals surface area contributed by atoms with Crippen LogP contribution in [-0.4, -0.2) is 66.2 Å². The number of fused-ring (bicyclic) bond motifs is 1. The predicted molar refractivity (Wildman–Crippen MR) is 130 cm³/mol. The number of nitrogens with one attached hydrogen (secondary N) is 2. The van der Waals surface area contributed by atoms with Crippen LogP contribution < -0.4 is 5.32 Å². The minimum Gasteiger partial charge on any atom is -0.326 e. The number of hydrogen-bond donors (Lipinski definition) is 2. The van der Waals surface area contributed by atoms with Crippen molar-refractivity contribution in [1.82, 2.24) is 29.9 Å². The molecule has 1 fully saturated rings. The van der Waals surface area contributed by atoms with E-state index >= 15 is 0 Å². The first kappa shape index (κ1) is 23.3. The highest BCUT2D eigenvalue weighted by atomic mass is 19.1. The number of aryl methyl sites for hydroxylation is 1. The van der Waals surface area contributed by atoms with Gasteiger partial charge in [-0.05, 0) is 36.8 Å². The number of rotatable bonds is 6. The molecule has 1 aliphatic rings. The lowest BCUT2D eigenvalue weighted by Gasteiger charge is -2.23. The summed E-state index contributed by atoms with van der Waals surface area (Å²) in [5.74, 6) is -0.872. The Morgan fingerprint density at radius 1 is 1.19 bits per heavy atom. The lowest BCUT2D eigenvalue weighted by atomic mass is 10.1. The molecule has 2 amide bonds. The fourth-order valence-corrected chi connectivity index (χ4v) is 4.50. The number of alkyl halides is 1. The summed E-state index contributed by atoms with van der Waals surface area (Å²) in [5.41, 5.74) is 3.22. The molecule has 3 aromatic heterocycles. The molecule has 36 heavy (non-hydrogen) atoms. The van der Waals surface area contributed by atoms with E-state index in [0.29, 0.717) is 16.7 Å². The summed E-state index contributed by atoms with van der Waals surface area (Å²) in [5, 5.41) is 14.4. The second-order valence-corrected chi connectivity index (χ2v) is 8.83. The van der Waals surface area contributed by atoms with Crippen LogP contribution in [0.15, 0.2) is 48.8 Å². The highest BCUT2D eigenvalue weighted by Gasteiger charge is 2.40. The van der Waals surface area contributed by atoms with E-state index < -0.39 is 24.0 Å². The predicted octanol–water partition coefficient (Wildman–Crippen LogP) is 2.91. The van der Waals surface area contributed by atoms with Crippen molar-refractivity contribution < 1.29 is 18.8 Å². The van der Waals surface area contributed by atoms with Crippen LogP contribution in [0.2, 0.25) is 0 Å². The molecule has 2 N–H and O–H groups in total. The SMILES string of the molecule is CC(=O)c1nn(CC(=O)N2C[C@H](F)C[C@H]2C(=O)Nc2cccc(C)n2)c2ccc(-c3cn[nH]c3)cc12. The van der Waals surface area contributed by atoms with Crippen LogP contribution in [0.25, 0.3) is 22.0 Å². The van der Waals surface area contributed by atoms with Gasteiger partial charge in [-0.3, -0.25) is 24.2 Å². The van der Waals surface area contributed by atoms with E-state index in [0.717, 1.165) is 16.8 Å². The minimum absolute atomic E-state index is 0.101. The molecule has 0 radical (unpaired) electrons. The molecule has 4 heterocycles. The average molecular weight is 490 g/mol. The Balaban J connectivity index is 1.40. The second-order valence-electron chi connectivity index (χ2n) is 8.83. The number of nitrogens with zero attached hydrogens (tertiary/aromatic N) is 5. The first-order chi connectivity index (χ1) is 17.3. The van der Waals surface area contributed by atoms with Crippen molar-refractivity contribution in [2.24, 2.45) is 0 Å². The number of aromatic nitrogens is 5. The summed E-state index contributed by atoms with van der Waals surface area (Å²) in [6.07, 6.45) is 1.98. The first-order valence-corrected chi connectivity index (χ1v) is 11.5. The lowest BCUT2D eigenvalue weighted by molar-refractivity contribution is -0.137. The van der Waals surface area contributed by atoms with Gasteiger partial charge in [-0.15, -0.1) is 0 Å². The van der Waals surface area contributed by atoms with Crippen molar-refractivity contribution in [2.75, 3.05) is 11.9 Å². The maximum Gasteiger partial charge on any atom is 0.248 e. The lowest BCUT2D eigenvalue weighted by Crippen LogP contribution is -2.44. The zero-order valence-corrected chi connectivity index (χ0v) is 19.7. The normalized spacial score (nSPS) is 17.5. The Hall–Kier alpha value is -4.41. The minimum atomic E-state index is -1.32. The second kappa shape index (κ2) is 9.33. The molecule has 2 atom stereocenters. The van der Waals surface area contributed by atoms with Gasteiger partial charge in [0, 0.05) is 36.2 Å². The van der Waals surface area contributed by atoms with Crippen LogP contribution in [0.3, 0.4) is 0 Å². The molecular formula is C25H24FN7O3. The average Bonchev–Trinajstić information content (AvgIpc) is 3.58. The number of benzene rings is 1. The third-order valence-corrected chi connectivity index (χ3v) is 6.21. The molecule has 1 aliphatic heterocycles. The van der Waals surface area contributed by atoms with Crippen LogP contribution >= 0.6 is 0 Å². The van der Waals surface area contributed by atoms with Gasteiger partial charge in [0.25, 0.3) is 0 Å². The van der Waals surface area contributed by atoms with Gasteiger partial charge in [0.1, 0.15) is 30.3 Å². The number of carbonyl (C=O) groups excluding carboxylic acids is 3. The van der Waals surface area contributed by atoms with Crippen LogP contribution in [0.1, 0.15) is 29.5 Å². The fourth-order valence-electron chi connectivity index (χ4n) is 4.50. The molecule has 11 heteroatoms. The maximum absolute atomic E-state index is 14.4. The number of Topliss-reactive ketones (excluding diaryl/α,β-unsaturated/α-hetero) is 1. The summed E-state index contributed by atoms with van der Waals surface area (Å²) in [6.45, 7) is 2.77. The Morgan fingerprint density at radius 3 is 2.75 bits per heavy atom. The Labute approximate surface area is 205 Å². The molecule has 0 saturated carbocycles. The van der Waals surface area contributed by atoms with Gasteiger partial charge in [-0.25, -0.2) is 9.37 Å². The number of hydrogen-bond acceptors (Lipinski definition) is 6. The summed E-state index contributed by atoms with van der Waals surface area (Å²) in [7, 11) is 0. The van der Waals surface area contributed by atoms with Gasteiger partial charge < -0.3 is 10.2 Å². The summed E-state index contributed by atoms with van der Waals surface area (Å²) in [6, 6.07) is 9.65. The molecule has 4 aromatic rings. The maximum atomic E-state index is 14.4. The summed E-state index contributed by atoms with van der Waals surface area (Å²) < 4.78 is 15.8. The number of aromatic amines is 1. The molecular weight excluding hydrogens is 465 g/mol. The van der Waals surface area contributed by atoms with Crippen LogP contribution in [0.4, 0.5) is 10.2 Å². The first-order valence-electron chi connectivity index (χ1n) is 11.5. The highest BCUT2D eigenvalue weighted by molar-refractivity contribution is 6.06. The van der Waals surface area contributed by atoms with Crippen molar-refractivity contribution in [3.63, 3.8) is 0 Å². The number of pyridine rings is 1. The topological polar surface area (TPSA) is 126 Å². The molecule has 0 spiro atoms. The zero-order chi connectivity index (χ0) is 25.4.